The van der Waals surface area contributed by atoms with Gasteiger partial charge in [0.05, 0.1) is 12.2 Å². The second-order valence-corrected chi connectivity index (χ2v) is 6.54. The fourth-order valence-electron chi connectivity index (χ4n) is 1.08. The van der Waals surface area contributed by atoms with Gasteiger partial charge in [-0.15, -0.1) is 10.2 Å². The summed E-state index contributed by atoms with van der Waals surface area (Å²) in [4.78, 5) is 3.84. The predicted molar refractivity (Wildman–Crippen MR) is 60.1 cm³/mol. The van der Waals surface area contributed by atoms with E-state index in [0.717, 1.165) is 11.3 Å². The van der Waals surface area contributed by atoms with Crippen molar-refractivity contribution in [2.45, 2.75) is 17.7 Å². The quantitative estimate of drug-likeness (QED) is 0.826. The van der Waals surface area contributed by atoms with Gasteiger partial charge < -0.3 is 0 Å². The van der Waals surface area contributed by atoms with Crippen molar-refractivity contribution in [3.05, 3.63) is 16.0 Å². The number of tetrazole rings is 1. The number of aromatic nitrogens is 5. The molecule has 11 heteroatoms. The van der Waals surface area contributed by atoms with Gasteiger partial charge in [-0.1, -0.05) is 28.2 Å². The molecule has 0 aliphatic rings. The van der Waals surface area contributed by atoms with Crippen molar-refractivity contribution in [1.82, 2.24) is 30.3 Å². The van der Waals surface area contributed by atoms with Crippen molar-refractivity contribution < 1.29 is 8.42 Å². The summed E-state index contributed by atoms with van der Waals surface area (Å²) >= 11 is 6.55. The van der Waals surface area contributed by atoms with E-state index in [-0.39, 0.29) is 21.0 Å². The molecule has 0 bridgehead atoms. The minimum atomic E-state index is -3.65. The molecule has 2 rings (SSSR count). The zero-order valence-electron chi connectivity index (χ0n) is 8.51. The van der Waals surface area contributed by atoms with E-state index in [1.54, 1.807) is 6.92 Å². The Morgan fingerprint density at radius 2 is 2.29 bits per heavy atom. The third kappa shape index (κ3) is 2.77. The van der Waals surface area contributed by atoms with Crippen molar-refractivity contribution in [2.75, 3.05) is 0 Å². The second-order valence-electron chi connectivity index (χ2n) is 2.99. The first-order chi connectivity index (χ1) is 7.99. The van der Waals surface area contributed by atoms with Gasteiger partial charge in [0.15, 0.2) is 14.5 Å². The molecule has 0 saturated carbocycles. The van der Waals surface area contributed by atoms with E-state index in [2.05, 4.69) is 30.3 Å². The van der Waals surface area contributed by atoms with Gasteiger partial charge in [-0.05, 0) is 6.92 Å². The minimum Gasteiger partial charge on any atom is -0.229 e. The Morgan fingerprint density at radius 1 is 1.53 bits per heavy atom. The van der Waals surface area contributed by atoms with E-state index in [0.29, 0.717) is 5.69 Å². The summed E-state index contributed by atoms with van der Waals surface area (Å²) in [7, 11) is -3.65. The van der Waals surface area contributed by atoms with Crippen LogP contribution < -0.4 is 4.72 Å². The monoisotopic (exact) mass is 294 g/mol. The summed E-state index contributed by atoms with van der Waals surface area (Å²) in [6.45, 7) is 1.53. The number of hydrogen-bond donors (Lipinski definition) is 2. The molecule has 2 aromatic heterocycles. The molecule has 0 amide bonds. The number of hydrogen-bond acceptors (Lipinski definition) is 7. The fraction of sp³-hybridized carbons (Fsp3) is 0.333. The zero-order chi connectivity index (χ0) is 12.5. The number of thiazole rings is 1. The lowest BCUT2D eigenvalue weighted by atomic mass is 10.6. The van der Waals surface area contributed by atoms with E-state index in [4.69, 9.17) is 11.6 Å². The van der Waals surface area contributed by atoms with Crippen molar-refractivity contribution >= 4 is 33.0 Å². The lowest BCUT2D eigenvalue weighted by Crippen LogP contribution is -2.23. The van der Waals surface area contributed by atoms with Gasteiger partial charge in [0.1, 0.15) is 0 Å². The molecule has 0 saturated heterocycles. The molecule has 0 aliphatic carbocycles. The maximum Gasteiger partial charge on any atom is 0.252 e. The maximum absolute atomic E-state index is 11.9. The number of halogens is 1. The van der Waals surface area contributed by atoms with Gasteiger partial charge in [0.2, 0.25) is 0 Å². The van der Waals surface area contributed by atoms with Crippen LogP contribution in [0.25, 0.3) is 0 Å². The molecule has 0 fully saturated rings. The summed E-state index contributed by atoms with van der Waals surface area (Å²) in [5.41, 5.74) is 0.362. The van der Waals surface area contributed by atoms with Gasteiger partial charge in [0.25, 0.3) is 10.0 Å². The number of H-pyrrole nitrogens is 1. The average Bonchev–Trinajstić information content (AvgIpc) is 2.85. The Hall–Kier alpha value is -1.10. The van der Waals surface area contributed by atoms with E-state index < -0.39 is 10.0 Å². The van der Waals surface area contributed by atoms with Crippen LogP contribution in [-0.4, -0.2) is 34.0 Å². The highest BCUT2D eigenvalue weighted by Gasteiger charge is 2.21. The number of sulfonamides is 1. The van der Waals surface area contributed by atoms with Crippen LogP contribution >= 0.6 is 22.9 Å². The molecule has 0 aromatic carbocycles. The van der Waals surface area contributed by atoms with E-state index in [1.807, 2.05) is 0 Å². The molecule has 0 atom stereocenters. The van der Waals surface area contributed by atoms with Crippen LogP contribution in [0.1, 0.15) is 11.5 Å². The lowest BCUT2D eigenvalue weighted by molar-refractivity contribution is 0.580. The Labute approximate surface area is 105 Å². The molecule has 8 nitrogen and oxygen atoms in total. The third-order valence-electron chi connectivity index (χ3n) is 1.78. The van der Waals surface area contributed by atoms with Gasteiger partial charge in [-0.2, -0.15) is 5.21 Å². The summed E-state index contributed by atoms with van der Waals surface area (Å²) in [5.74, 6) is 0.252. The Kier molecular flexibility index (Phi) is 3.38. The number of aryl methyl sites for hydroxylation is 1. The van der Waals surface area contributed by atoms with Crippen LogP contribution in [0.15, 0.2) is 4.21 Å². The van der Waals surface area contributed by atoms with E-state index in [9.17, 15) is 8.42 Å². The topological polar surface area (TPSA) is 114 Å². The largest absolute Gasteiger partial charge is 0.252 e. The van der Waals surface area contributed by atoms with Crippen molar-refractivity contribution in [3.63, 3.8) is 0 Å². The molecule has 0 aliphatic heterocycles. The van der Waals surface area contributed by atoms with Crippen LogP contribution in [-0.2, 0) is 16.6 Å². The van der Waals surface area contributed by atoms with E-state index in [1.165, 1.54) is 0 Å². The number of rotatable bonds is 4. The average molecular weight is 295 g/mol. The van der Waals surface area contributed by atoms with Gasteiger partial charge in [0, 0.05) is 0 Å². The third-order valence-corrected chi connectivity index (χ3v) is 5.05. The van der Waals surface area contributed by atoms with Crippen LogP contribution in [0.3, 0.4) is 0 Å². The summed E-state index contributed by atoms with van der Waals surface area (Å²) in [6.07, 6.45) is 0. The molecule has 0 radical (unpaired) electrons. The highest BCUT2D eigenvalue weighted by Crippen LogP contribution is 2.26. The van der Waals surface area contributed by atoms with Crippen molar-refractivity contribution in [1.29, 1.82) is 0 Å². The molecule has 2 heterocycles. The first kappa shape index (κ1) is 12.4. The Morgan fingerprint density at radius 3 is 2.82 bits per heavy atom. The van der Waals surface area contributed by atoms with Crippen molar-refractivity contribution in [3.8, 4) is 0 Å². The summed E-state index contributed by atoms with van der Waals surface area (Å²) in [5, 5.41) is 12.8. The van der Waals surface area contributed by atoms with Gasteiger partial charge in [-0.25, -0.2) is 18.1 Å². The zero-order valence-corrected chi connectivity index (χ0v) is 10.9. The standard InChI is InChI=1S/C6H7ClN6O2S2/c1-3-5(16-6(7)9-3)17(14,15)8-2-4-10-12-13-11-4/h8H,2H2,1H3,(H,10,11,12,13). The molecule has 0 unspecified atom stereocenters. The Bertz CT molecular complexity index is 606. The van der Waals surface area contributed by atoms with E-state index >= 15 is 0 Å². The molecule has 17 heavy (non-hydrogen) atoms. The molecule has 2 N–H and O–H groups in total. The molecule has 0 spiro atoms. The second kappa shape index (κ2) is 4.64. The lowest BCUT2D eigenvalue weighted by Gasteiger charge is -2.01. The van der Waals surface area contributed by atoms with Crippen LogP contribution in [0.5, 0.6) is 0 Å². The van der Waals surface area contributed by atoms with Crippen LogP contribution in [0.4, 0.5) is 0 Å². The minimum absolute atomic E-state index is 0.0478. The normalized spacial score (nSPS) is 11.9. The fourth-order valence-corrected chi connectivity index (χ4v) is 3.84. The number of aromatic amines is 1. The first-order valence-corrected chi connectivity index (χ1v) is 7.02. The maximum atomic E-state index is 11.9. The molecular weight excluding hydrogens is 288 g/mol. The van der Waals surface area contributed by atoms with Crippen LogP contribution in [0.2, 0.25) is 4.47 Å². The van der Waals surface area contributed by atoms with Crippen molar-refractivity contribution in [2.24, 2.45) is 0 Å². The summed E-state index contributed by atoms with van der Waals surface area (Å²) in [6, 6.07) is 0. The smallest absolute Gasteiger partial charge is 0.229 e. The number of nitrogens with one attached hydrogen (secondary N) is 2. The molecule has 2 aromatic rings. The Balaban J connectivity index is 2.17. The highest BCUT2D eigenvalue weighted by molar-refractivity contribution is 7.91. The number of nitrogens with zero attached hydrogens (tertiary/aromatic N) is 4. The first-order valence-electron chi connectivity index (χ1n) is 4.34. The highest BCUT2D eigenvalue weighted by atomic mass is 35.5. The summed E-state index contributed by atoms with van der Waals surface area (Å²) < 4.78 is 26.4. The predicted octanol–water partition coefficient (Wildman–Crippen LogP) is 0.0965. The molecular formula is C6H7ClN6O2S2. The van der Waals surface area contributed by atoms with Crippen LogP contribution in [0, 0.1) is 6.92 Å². The van der Waals surface area contributed by atoms with Gasteiger partial charge in [-0.3, -0.25) is 0 Å². The SMILES string of the molecule is Cc1nc(Cl)sc1S(=O)(=O)NCc1nn[nH]n1. The van der Waals surface area contributed by atoms with Gasteiger partial charge >= 0.3 is 0 Å². The molecule has 92 valence electrons.